The van der Waals surface area contributed by atoms with Crippen LogP contribution in [-0.4, -0.2) is 18.1 Å². The average molecular weight is 289 g/mol. The van der Waals surface area contributed by atoms with Crippen LogP contribution in [0.5, 0.6) is 0 Å². The minimum atomic E-state index is -0.607. The highest BCUT2D eigenvalue weighted by Gasteiger charge is 2.16. The second kappa shape index (κ2) is 6.21. The highest BCUT2D eigenvalue weighted by molar-refractivity contribution is 5.96. The number of carbonyl (C=O) groups is 1. The molecule has 0 saturated heterocycles. The van der Waals surface area contributed by atoms with Crippen molar-refractivity contribution < 1.29 is 13.9 Å². The zero-order chi connectivity index (χ0) is 15.4. The van der Waals surface area contributed by atoms with Gasteiger partial charge in [0.15, 0.2) is 0 Å². The second-order valence-corrected chi connectivity index (χ2v) is 4.56. The summed E-state index contributed by atoms with van der Waals surface area (Å²) in [4.78, 5) is 15.6. The third-order valence-corrected chi connectivity index (χ3v) is 3.10. The van der Waals surface area contributed by atoms with Gasteiger partial charge in [0, 0.05) is 18.1 Å². The van der Waals surface area contributed by atoms with Crippen molar-refractivity contribution in [3.05, 3.63) is 53.6 Å². The van der Waals surface area contributed by atoms with Gasteiger partial charge >= 0.3 is 5.97 Å². The van der Waals surface area contributed by atoms with Crippen molar-refractivity contribution >= 4 is 17.3 Å². The van der Waals surface area contributed by atoms with E-state index in [9.17, 15) is 9.18 Å². The van der Waals surface area contributed by atoms with Crippen molar-refractivity contribution in [2.75, 3.05) is 18.2 Å². The van der Waals surface area contributed by atoms with Gasteiger partial charge in [-0.05, 0) is 30.7 Å². The Bertz CT molecular complexity index is 647. The van der Waals surface area contributed by atoms with Gasteiger partial charge in [0.2, 0.25) is 0 Å². The van der Waals surface area contributed by atoms with Crippen LogP contribution in [0.25, 0.3) is 0 Å². The summed E-state index contributed by atoms with van der Waals surface area (Å²) in [5, 5.41) is 2.99. The number of hydrogen-bond donors (Lipinski definition) is 2. The van der Waals surface area contributed by atoms with Gasteiger partial charge in [0.1, 0.15) is 5.82 Å². The Morgan fingerprint density at radius 3 is 2.86 bits per heavy atom. The standard InChI is InChI=1S/C15H16FN3O2/c1-9(10-4-3-5-18-8-10)19-14-6-11(15(20)21-2)13(17)7-12(14)16/h3-9,19H,17H2,1-2H3. The second-order valence-electron chi connectivity index (χ2n) is 4.56. The van der Waals surface area contributed by atoms with Gasteiger partial charge in [0.05, 0.1) is 24.4 Å². The number of nitrogen functional groups attached to an aromatic ring is 1. The number of benzene rings is 1. The number of anilines is 2. The van der Waals surface area contributed by atoms with Crippen LogP contribution in [0.1, 0.15) is 28.9 Å². The van der Waals surface area contributed by atoms with Crippen molar-refractivity contribution in [1.29, 1.82) is 0 Å². The molecular formula is C15H16FN3O2. The summed E-state index contributed by atoms with van der Waals surface area (Å²) < 4.78 is 18.6. The normalized spacial score (nSPS) is 11.8. The van der Waals surface area contributed by atoms with E-state index in [1.807, 2.05) is 13.0 Å². The predicted octanol–water partition coefficient (Wildman–Crippen LogP) is 2.76. The third-order valence-electron chi connectivity index (χ3n) is 3.10. The quantitative estimate of drug-likeness (QED) is 0.668. The molecule has 5 nitrogen and oxygen atoms in total. The lowest BCUT2D eigenvalue weighted by Crippen LogP contribution is -2.11. The van der Waals surface area contributed by atoms with Crippen molar-refractivity contribution in [1.82, 2.24) is 4.98 Å². The van der Waals surface area contributed by atoms with Gasteiger partial charge in [0.25, 0.3) is 0 Å². The summed E-state index contributed by atoms with van der Waals surface area (Å²) in [6.45, 7) is 1.87. The molecule has 110 valence electrons. The highest BCUT2D eigenvalue weighted by atomic mass is 19.1. The molecule has 21 heavy (non-hydrogen) atoms. The molecule has 0 aliphatic heterocycles. The first-order valence-electron chi connectivity index (χ1n) is 6.36. The van der Waals surface area contributed by atoms with E-state index in [4.69, 9.17) is 5.73 Å². The molecule has 6 heteroatoms. The van der Waals surface area contributed by atoms with E-state index in [2.05, 4.69) is 15.0 Å². The van der Waals surface area contributed by atoms with Crippen molar-refractivity contribution in [2.45, 2.75) is 13.0 Å². The maximum atomic E-state index is 14.0. The molecule has 2 aromatic rings. The molecule has 0 bridgehead atoms. The average Bonchev–Trinajstić information content (AvgIpc) is 2.50. The van der Waals surface area contributed by atoms with Crippen LogP contribution in [0, 0.1) is 5.82 Å². The van der Waals surface area contributed by atoms with Crippen molar-refractivity contribution in [3.8, 4) is 0 Å². The number of nitrogens with two attached hydrogens (primary N) is 1. The predicted molar refractivity (Wildman–Crippen MR) is 78.4 cm³/mol. The third kappa shape index (κ3) is 3.28. The summed E-state index contributed by atoms with van der Waals surface area (Å²) in [5.74, 6) is -1.14. The lowest BCUT2D eigenvalue weighted by Gasteiger charge is -2.17. The summed E-state index contributed by atoms with van der Waals surface area (Å²) >= 11 is 0. The number of esters is 1. The van der Waals surface area contributed by atoms with Crippen LogP contribution in [0.3, 0.4) is 0 Å². The number of methoxy groups -OCH3 is 1. The number of ether oxygens (including phenoxy) is 1. The molecule has 0 aliphatic rings. The van der Waals surface area contributed by atoms with E-state index >= 15 is 0 Å². The number of nitrogens with zero attached hydrogens (tertiary/aromatic N) is 1. The lowest BCUT2D eigenvalue weighted by molar-refractivity contribution is 0.0602. The summed E-state index contributed by atoms with van der Waals surface area (Å²) in [5.41, 5.74) is 6.87. The van der Waals surface area contributed by atoms with Crippen LogP contribution < -0.4 is 11.1 Å². The van der Waals surface area contributed by atoms with Crippen LogP contribution in [0.4, 0.5) is 15.8 Å². The Kier molecular flexibility index (Phi) is 4.37. The number of rotatable bonds is 4. The first-order chi connectivity index (χ1) is 10.0. The molecule has 1 aromatic heterocycles. The zero-order valence-electron chi connectivity index (χ0n) is 11.8. The lowest BCUT2D eigenvalue weighted by atomic mass is 10.1. The molecule has 0 spiro atoms. The van der Waals surface area contributed by atoms with Gasteiger partial charge in [-0.25, -0.2) is 9.18 Å². The highest BCUT2D eigenvalue weighted by Crippen LogP contribution is 2.26. The van der Waals surface area contributed by atoms with E-state index in [1.165, 1.54) is 13.2 Å². The van der Waals surface area contributed by atoms with Gasteiger partial charge in [-0.3, -0.25) is 4.98 Å². The zero-order valence-corrected chi connectivity index (χ0v) is 11.8. The minimum Gasteiger partial charge on any atom is -0.465 e. The van der Waals surface area contributed by atoms with E-state index in [0.29, 0.717) is 0 Å². The smallest absolute Gasteiger partial charge is 0.340 e. The number of hydrogen-bond acceptors (Lipinski definition) is 5. The Labute approximate surface area is 121 Å². The molecule has 2 rings (SSSR count). The number of aromatic nitrogens is 1. The van der Waals surface area contributed by atoms with Crippen LogP contribution in [-0.2, 0) is 4.74 Å². The monoisotopic (exact) mass is 289 g/mol. The molecule has 1 aromatic carbocycles. The Balaban J connectivity index is 2.29. The van der Waals surface area contributed by atoms with Crippen LogP contribution in [0.15, 0.2) is 36.7 Å². The van der Waals surface area contributed by atoms with Crippen LogP contribution in [0.2, 0.25) is 0 Å². The van der Waals surface area contributed by atoms with E-state index in [0.717, 1.165) is 11.6 Å². The molecule has 0 radical (unpaired) electrons. The van der Waals surface area contributed by atoms with E-state index in [-0.39, 0.29) is 23.0 Å². The fourth-order valence-electron chi connectivity index (χ4n) is 1.93. The summed E-state index contributed by atoms with van der Waals surface area (Å²) in [6, 6.07) is 5.95. The van der Waals surface area contributed by atoms with Gasteiger partial charge in [-0.15, -0.1) is 0 Å². The fraction of sp³-hybridized carbons (Fsp3) is 0.200. The van der Waals surface area contributed by atoms with E-state index in [1.54, 1.807) is 18.5 Å². The minimum absolute atomic E-state index is 0.0407. The summed E-state index contributed by atoms with van der Waals surface area (Å²) in [7, 11) is 1.25. The topological polar surface area (TPSA) is 77.2 Å². The SMILES string of the molecule is COC(=O)c1cc(NC(C)c2cccnc2)c(F)cc1N. The molecule has 3 N–H and O–H groups in total. The van der Waals surface area contributed by atoms with Gasteiger partial charge < -0.3 is 15.8 Å². The number of nitrogens with one attached hydrogen (secondary N) is 1. The Morgan fingerprint density at radius 1 is 1.48 bits per heavy atom. The van der Waals surface area contributed by atoms with Crippen LogP contribution >= 0.6 is 0 Å². The Morgan fingerprint density at radius 2 is 2.24 bits per heavy atom. The molecular weight excluding hydrogens is 273 g/mol. The first kappa shape index (κ1) is 14.8. The molecule has 0 aliphatic carbocycles. The first-order valence-corrected chi connectivity index (χ1v) is 6.36. The van der Waals surface area contributed by atoms with Crippen molar-refractivity contribution in [3.63, 3.8) is 0 Å². The number of pyridine rings is 1. The maximum Gasteiger partial charge on any atom is 0.340 e. The van der Waals surface area contributed by atoms with Crippen molar-refractivity contribution in [2.24, 2.45) is 0 Å². The largest absolute Gasteiger partial charge is 0.465 e. The maximum absolute atomic E-state index is 14.0. The molecule has 1 heterocycles. The number of halogens is 1. The molecule has 0 saturated carbocycles. The molecule has 1 unspecified atom stereocenters. The van der Waals surface area contributed by atoms with Gasteiger partial charge in [-0.1, -0.05) is 6.07 Å². The summed E-state index contributed by atoms with van der Waals surface area (Å²) in [6.07, 6.45) is 3.35. The molecule has 0 fully saturated rings. The number of carbonyl (C=O) groups excluding carboxylic acids is 1. The van der Waals surface area contributed by atoms with Gasteiger partial charge in [-0.2, -0.15) is 0 Å². The molecule has 1 atom stereocenters. The fourth-order valence-corrected chi connectivity index (χ4v) is 1.93. The Hall–Kier alpha value is -2.63. The van der Waals surface area contributed by atoms with E-state index < -0.39 is 11.8 Å². The molecule has 0 amide bonds.